The molecule has 0 atom stereocenters. The number of nitrogens with one attached hydrogen (secondary N) is 1. The summed E-state index contributed by atoms with van der Waals surface area (Å²) in [6, 6.07) is 13.5. The summed E-state index contributed by atoms with van der Waals surface area (Å²) in [4.78, 5) is 17.9. The Bertz CT molecular complexity index is 966. The van der Waals surface area contributed by atoms with Crippen LogP contribution in [0.5, 0.6) is 11.5 Å². The fourth-order valence-corrected chi connectivity index (χ4v) is 3.71. The van der Waals surface area contributed by atoms with Crippen LogP contribution in [0.25, 0.3) is 10.6 Å². The molecule has 0 saturated carbocycles. The summed E-state index contributed by atoms with van der Waals surface area (Å²) >= 11 is 1.36. The van der Waals surface area contributed by atoms with Gasteiger partial charge in [0.1, 0.15) is 9.88 Å². The number of hydrogen-bond acceptors (Lipinski definition) is 5. The van der Waals surface area contributed by atoms with Crippen molar-refractivity contribution in [2.24, 2.45) is 0 Å². The van der Waals surface area contributed by atoms with Gasteiger partial charge in [-0.25, -0.2) is 4.98 Å². The van der Waals surface area contributed by atoms with E-state index in [2.05, 4.69) is 17.2 Å². The summed E-state index contributed by atoms with van der Waals surface area (Å²) in [5, 5.41) is 3.73. The summed E-state index contributed by atoms with van der Waals surface area (Å²) in [7, 11) is 3.19. The van der Waals surface area contributed by atoms with E-state index in [9.17, 15) is 4.79 Å². The number of thiazole rings is 1. The summed E-state index contributed by atoms with van der Waals surface area (Å²) < 4.78 is 10.6. The number of anilines is 1. The normalized spacial score (nSPS) is 10.5. The van der Waals surface area contributed by atoms with E-state index in [1.807, 2.05) is 49.4 Å². The van der Waals surface area contributed by atoms with Crippen LogP contribution in [0.3, 0.4) is 0 Å². The molecule has 0 aliphatic carbocycles. The minimum atomic E-state index is -0.148. The molecule has 6 heteroatoms. The monoisotopic (exact) mass is 382 g/mol. The van der Waals surface area contributed by atoms with Crippen LogP contribution in [-0.2, 0) is 6.42 Å². The predicted octanol–water partition coefficient (Wildman–Crippen LogP) is 4.95. The largest absolute Gasteiger partial charge is 0.493 e. The Labute approximate surface area is 163 Å². The zero-order valence-corrected chi connectivity index (χ0v) is 16.6. The highest BCUT2D eigenvalue weighted by atomic mass is 32.1. The van der Waals surface area contributed by atoms with E-state index in [1.54, 1.807) is 14.2 Å². The van der Waals surface area contributed by atoms with Crippen molar-refractivity contribution in [1.29, 1.82) is 0 Å². The standard InChI is InChI=1S/C21H22N2O3S/c1-5-14-7-6-8-16(11-14)23-20(24)19-13(2)22-21(27-19)15-9-10-17(25-3)18(12-15)26-4/h6-12H,5H2,1-4H3,(H,23,24). The lowest BCUT2D eigenvalue weighted by molar-refractivity contribution is 0.103. The van der Waals surface area contributed by atoms with Gasteiger partial charge in [0.05, 0.1) is 19.9 Å². The van der Waals surface area contributed by atoms with Crippen LogP contribution in [-0.4, -0.2) is 25.1 Å². The Morgan fingerprint density at radius 3 is 2.59 bits per heavy atom. The highest BCUT2D eigenvalue weighted by molar-refractivity contribution is 7.17. The Hall–Kier alpha value is -2.86. The molecule has 3 aromatic rings. The maximum atomic E-state index is 12.7. The third-order valence-electron chi connectivity index (χ3n) is 4.23. The van der Waals surface area contributed by atoms with Gasteiger partial charge in [-0.3, -0.25) is 4.79 Å². The fourth-order valence-electron chi connectivity index (χ4n) is 2.76. The second-order valence-electron chi connectivity index (χ2n) is 6.01. The van der Waals surface area contributed by atoms with Gasteiger partial charge < -0.3 is 14.8 Å². The number of aryl methyl sites for hydroxylation is 2. The fraction of sp³-hybridized carbons (Fsp3) is 0.238. The van der Waals surface area contributed by atoms with Crippen molar-refractivity contribution in [2.45, 2.75) is 20.3 Å². The molecule has 0 radical (unpaired) electrons. The van der Waals surface area contributed by atoms with Crippen LogP contribution in [0.15, 0.2) is 42.5 Å². The first-order chi connectivity index (χ1) is 13.0. The van der Waals surface area contributed by atoms with Gasteiger partial charge in [0, 0.05) is 11.3 Å². The van der Waals surface area contributed by atoms with Crippen LogP contribution >= 0.6 is 11.3 Å². The van der Waals surface area contributed by atoms with E-state index >= 15 is 0 Å². The SMILES string of the molecule is CCc1cccc(NC(=O)c2sc(-c3ccc(OC)c(OC)c3)nc2C)c1. The van der Waals surface area contributed by atoms with Crippen LogP contribution in [0.1, 0.15) is 27.9 Å². The zero-order valence-electron chi connectivity index (χ0n) is 15.8. The van der Waals surface area contributed by atoms with Crippen molar-refractivity contribution in [3.63, 3.8) is 0 Å². The lowest BCUT2D eigenvalue weighted by Crippen LogP contribution is -2.11. The summed E-state index contributed by atoms with van der Waals surface area (Å²) in [6.07, 6.45) is 0.923. The highest BCUT2D eigenvalue weighted by Crippen LogP contribution is 2.35. The van der Waals surface area contributed by atoms with Crippen molar-refractivity contribution in [1.82, 2.24) is 4.98 Å². The number of ether oxygens (including phenoxy) is 2. The van der Waals surface area contributed by atoms with Gasteiger partial charge in [-0.2, -0.15) is 0 Å². The van der Waals surface area contributed by atoms with E-state index in [1.165, 1.54) is 16.9 Å². The molecule has 27 heavy (non-hydrogen) atoms. The number of nitrogens with zero attached hydrogens (tertiary/aromatic N) is 1. The Morgan fingerprint density at radius 2 is 1.89 bits per heavy atom. The van der Waals surface area contributed by atoms with Crippen molar-refractivity contribution in [3.05, 3.63) is 58.6 Å². The lowest BCUT2D eigenvalue weighted by Gasteiger charge is -2.08. The third kappa shape index (κ3) is 4.11. The van der Waals surface area contributed by atoms with Gasteiger partial charge >= 0.3 is 0 Å². The predicted molar refractivity (Wildman–Crippen MR) is 109 cm³/mol. The molecule has 0 unspecified atom stereocenters. The molecule has 3 rings (SSSR count). The molecule has 0 spiro atoms. The first-order valence-electron chi connectivity index (χ1n) is 8.65. The van der Waals surface area contributed by atoms with E-state index in [-0.39, 0.29) is 5.91 Å². The van der Waals surface area contributed by atoms with Gasteiger partial charge in [0.25, 0.3) is 5.91 Å². The number of rotatable bonds is 6. The molecule has 0 fully saturated rings. The van der Waals surface area contributed by atoms with Gasteiger partial charge in [-0.05, 0) is 49.2 Å². The highest BCUT2D eigenvalue weighted by Gasteiger charge is 2.17. The topological polar surface area (TPSA) is 60.5 Å². The maximum absolute atomic E-state index is 12.7. The molecule has 1 N–H and O–H groups in total. The van der Waals surface area contributed by atoms with E-state index < -0.39 is 0 Å². The third-order valence-corrected chi connectivity index (χ3v) is 5.43. The van der Waals surface area contributed by atoms with Crippen LogP contribution in [0, 0.1) is 6.92 Å². The summed E-state index contributed by atoms with van der Waals surface area (Å²) in [6.45, 7) is 3.93. The Kier molecular flexibility index (Phi) is 5.76. The van der Waals surface area contributed by atoms with E-state index in [0.717, 1.165) is 22.7 Å². The number of carbonyl (C=O) groups excluding carboxylic acids is 1. The van der Waals surface area contributed by atoms with Crippen molar-refractivity contribution in [3.8, 4) is 22.1 Å². The average Bonchev–Trinajstić information content (AvgIpc) is 3.09. The van der Waals surface area contributed by atoms with Crippen molar-refractivity contribution < 1.29 is 14.3 Å². The number of methoxy groups -OCH3 is 2. The molecule has 140 valence electrons. The molecule has 2 aromatic carbocycles. The molecule has 1 heterocycles. The molecular weight excluding hydrogens is 360 g/mol. The molecule has 0 aliphatic heterocycles. The molecule has 0 bridgehead atoms. The number of amides is 1. The van der Waals surface area contributed by atoms with Crippen molar-refractivity contribution >= 4 is 22.9 Å². The first kappa shape index (κ1) is 18.9. The smallest absolute Gasteiger partial charge is 0.267 e. The van der Waals surface area contributed by atoms with Gasteiger partial charge in [0.15, 0.2) is 11.5 Å². The summed E-state index contributed by atoms with van der Waals surface area (Å²) in [5.41, 5.74) is 3.56. The molecule has 0 saturated heterocycles. The van der Waals surface area contributed by atoms with Crippen LogP contribution < -0.4 is 14.8 Å². The quantitative estimate of drug-likeness (QED) is 0.655. The number of hydrogen-bond donors (Lipinski definition) is 1. The number of benzene rings is 2. The molecule has 5 nitrogen and oxygen atoms in total. The average molecular weight is 382 g/mol. The lowest BCUT2D eigenvalue weighted by atomic mass is 10.1. The Morgan fingerprint density at radius 1 is 1.11 bits per heavy atom. The minimum Gasteiger partial charge on any atom is -0.493 e. The number of carbonyl (C=O) groups is 1. The van der Waals surface area contributed by atoms with Crippen LogP contribution in [0.2, 0.25) is 0 Å². The van der Waals surface area contributed by atoms with Crippen molar-refractivity contribution in [2.75, 3.05) is 19.5 Å². The van der Waals surface area contributed by atoms with E-state index in [0.29, 0.717) is 22.1 Å². The van der Waals surface area contributed by atoms with Gasteiger partial charge in [-0.15, -0.1) is 11.3 Å². The second-order valence-corrected chi connectivity index (χ2v) is 7.01. The van der Waals surface area contributed by atoms with Crippen LogP contribution in [0.4, 0.5) is 5.69 Å². The molecule has 1 amide bonds. The minimum absolute atomic E-state index is 0.148. The zero-order chi connectivity index (χ0) is 19.4. The van der Waals surface area contributed by atoms with E-state index in [4.69, 9.17) is 9.47 Å². The van der Waals surface area contributed by atoms with Gasteiger partial charge in [0.2, 0.25) is 0 Å². The molecule has 1 aromatic heterocycles. The Balaban J connectivity index is 1.86. The second kappa shape index (κ2) is 8.22. The molecule has 0 aliphatic rings. The maximum Gasteiger partial charge on any atom is 0.267 e. The summed E-state index contributed by atoms with van der Waals surface area (Å²) in [5.74, 6) is 1.14. The molecular formula is C21H22N2O3S. The first-order valence-corrected chi connectivity index (χ1v) is 9.47. The number of aromatic nitrogens is 1. The van der Waals surface area contributed by atoms with Gasteiger partial charge in [-0.1, -0.05) is 19.1 Å².